The normalized spacial score (nSPS) is 27.0. The lowest BCUT2D eigenvalue weighted by Gasteiger charge is -2.25. The van der Waals surface area contributed by atoms with Crippen LogP contribution in [0.25, 0.3) is 0 Å². The molecule has 0 aromatic heterocycles. The van der Waals surface area contributed by atoms with Crippen molar-refractivity contribution >= 4 is 5.69 Å². The number of benzene rings is 2. The fourth-order valence-corrected chi connectivity index (χ4v) is 4.31. The van der Waals surface area contributed by atoms with Crippen molar-refractivity contribution in [1.82, 2.24) is 0 Å². The summed E-state index contributed by atoms with van der Waals surface area (Å²) in [4.78, 5) is 0. The molecule has 0 amide bonds. The molecule has 1 saturated carbocycles. The Morgan fingerprint density at radius 2 is 1.52 bits per heavy atom. The van der Waals surface area contributed by atoms with Crippen molar-refractivity contribution in [3.8, 4) is 0 Å². The Labute approximate surface area is 127 Å². The van der Waals surface area contributed by atoms with Gasteiger partial charge in [0.25, 0.3) is 0 Å². The molecule has 2 bridgehead atoms. The van der Waals surface area contributed by atoms with E-state index in [-0.39, 0.29) is 0 Å². The predicted molar refractivity (Wildman–Crippen MR) is 88.7 cm³/mol. The maximum atomic E-state index is 3.86. The Hall–Kier alpha value is -1.76. The molecule has 1 fully saturated rings. The molecule has 0 saturated heterocycles. The topological polar surface area (TPSA) is 12.0 Å². The first kappa shape index (κ1) is 12.9. The molecule has 1 nitrogen and oxygen atoms in total. The van der Waals surface area contributed by atoms with E-state index >= 15 is 0 Å². The van der Waals surface area contributed by atoms with Gasteiger partial charge < -0.3 is 5.32 Å². The van der Waals surface area contributed by atoms with Gasteiger partial charge in [-0.3, -0.25) is 0 Å². The highest BCUT2D eigenvalue weighted by atomic mass is 14.9. The van der Waals surface area contributed by atoms with Gasteiger partial charge in [0.1, 0.15) is 0 Å². The summed E-state index contributed by atoms with van der Waals surface area (Å²) in [6.45, 7) is 2.17. The van der Waals surface area contributed by atoms with E-state index < -0.39 is 0 Å². The van der Waals surface area contributed by atoms with Gasteiger partial charge in [-0.15, -0.1) is 0 Å². The van der Waals surface area contributed by atoms with Crippen LogP contribution in [0.15, 0.2) is 48.5 Å². The zero-order valence-electron chi connectivity index (χ0n) is 12.7. The molecule has 2 aliphatic carbocycles. The van der Waals surface area contributed by atoms with Crippen LogP contribution in [0.1, 0.15) is 29.5 Å². The minimum Gasteiger partial charge on any atom is -0.382 e. The van der Waals surface area contributed by atoms with Crippen molar-refractivity contribution in [3.05, 3.63) is 65.2 Å². The van der Waals surface area contributed by atoms with Gasteiger partial charge in [-0.05, 0) is 73.3 Å². The number of rotatable bonds is 2. The van der Waals surface area contributed by atoms with Crippen molar-refractivity contribution in [1.29, 1.82) is 0 Å². The van der Waals surface area contributed by atoms with E-state index in [0.29, 0.717) is 6.04 Å². The average Bonchev–Trinajstić information content (AvgIpc) is 2.75. The molecule has 2 unspecified atom stereocenters. The lowest BCUT2D eigenvalue weighted by molar-refractivity contribution is 0.450. The molecule has 21 heavy (non-hydrogen) atoms. The van der Waals surface area contributed by atoms with Crippen LogP contribution < -0.4 is 5.32 Å². The van der Waals surface area contributed by atoms with Crippen molar-refractivity contribution in [2.75, 3.05) is 5.32 Å². The first-order chi connectivity index (χ1) is 10.3. The number of fused-ring (bicyclic) bond motifs is 3. The summed E-state index contributed by atoms with van der Waals surface area (Å²) in [5.41, 5.74) is 5.80. The zero-order chi connectivity index (χ0) is 14.2. The highest BCUT2D eigenvalue weighted by Gasteiger charge is 2.38. The predicted octanol–water partition coefficient (Wildman–Crippen LogP) is 4.60. The van der Waals surface area contributed by atoms with Crippen molar-refractivity contribution in [2.24, 2.45) is 11.8 Å². The van der Waals surface area contributed by atoms with Gasteiger partial charge in [-0.25, -0.2) is 0 Å². The van der Waals surface area contributed by atoms with Gasteiger partial charge in [-0.2, -0.15) is 0 Å². The fourth-order valence-electron chi connectivity index (χ4n) is 4.31. The van der Waals surface area contributed by atoms with E-state index in [1.807, 2.05) is 0 Å². The Kier molecular flexibility index (Phi) is 3.21. The molecule has 0 radical (unpaired) electrons. The number of nitrogens with one attached hydrogen (secondary N) is 1. The minimum absolute atomic E-state index is 0.638. The Morgan fingerprint density at radius 3 is 2.14 bits per heavy atom. The van der Waals surface area contributed by atoms with Crippen LogP contribution in [0.3, 0.4) is 0 Å². The third-order valence-electron chi connectivity index (χ3n) is 5.36. The third kappa shape index (κ3) is 2.46. The smallest absolute Gasteiger partial charge is 0.0345 e. The number of aryl methyl sites for hydroxylation is 1. The average molecular weight is 277 g/mol. The number of anilines is 1. The molecule has 2 aliphatic rings. The van der Waals surface area contributed by atoms with Crippen LogP contribution in [0.4, 0.5) is 5.69 Å². The molecule has 2 aromatic carbocycles. The van der Waals surface area contributed by atoms with Crippen LogP contribution in [-0.4, -0.2) is 6.04 Å². The molecule has 108 valence electrons. The second-order valence-corrected chi connectivity index (χ2v) is 6.81. The van der Waals surface area contributed by atoms with Crippen LogP contribution in [0, 0.1) is 18.8 Å². The minimum atomic E-state index is 0.638. The summed E-state index contributed by atoms with van der Waals surface area (Å²) in [7, 11) is 0. The second-order valence-electron chi connectivity index (χ2n) is 6.81. The Bertz CT molecular complexity index is 613. The molecule has 4 rings (SSSR count). The molecular weight excluding hydrogens is 254 g/mol. The van der Waals surface area contributed by atoms with Crippen molar-refractivity contribution in [3.63, 3.8) is 0 Å². The largest absolute Gasteiger partial charge is 0.382 e. The lowest BCUT2D eigenvalue weighted by Crippen LogP contribution is -2.30. The highest BCUT2D eigenvalue weighted by molar-refractivity contribution is 5.47. The van der Waals surface area contributed by atoms with E-state index in [0.717, 1.165) is 11.8 Å². The van der Waals surface area contributed by atoms with Crippen LogP contribution in [0.5, 0.6) is 0 Å². The SMILES string of the molecule is Cc1cccc(NC2C3CCC2Cc2ccccc2C3)c1. The van der Waals surface area contributed by atoms with Crippen LogP contribution >= 0.6 is 0 Å². The first-order valence-electron chi connectivity index (χ1n) is 8.19. The highest BCUT2D eigenvalue weighted by Crippen LogP contribution is 2.41. The van der Waals surface area contributed by atoms with Gasteiger partial charge in [-0.1, -0.05) is 36.4 Å². The standard InChI is InChI=1S/C20H23N/c1-14-5-4-8-19(11-14)21-20-17-9-10-18(20)13-16-7-3-2-6-15(16)12-17/h2-8,11,17-18,20-21H,9-10,12-13H2,1H3. The van der Waals surface area contributed by atoms with Crippen molar-refractivity contribution in [2.45, 2.75) is 38.6 Å². The summed E-state index contributed by atoms with van der Waals surface area (Å²) < 4.78 is 0. The van der Waals surface area contributed by atoms with E-state index in [1.54, 1.807) is 11.1 Å². The summed E-state index contributed by atoms with van der Waals surface area (Å²) >= 11 is 0. The Morgan fingerprint density at radius 1 is 0.857 bits per heavy atom. The van der Waals surface area contributed by atoms with E-state index in [1.165, 1.54) is 36.9 Å². The number of hydrogen-bond donors (Lipinski definition) is 1. The monoisotopic (exact) mass is 277 g/mol. The summed E-state index contributed by atoms with van der Waals surface area (Å²) in [6.07, 6.45) is 5.25. The second kappa shape index (κ2) is 5.22. The van der Waals surface area contributed by atoms with Gasteiger partial charge in [0.15, 0.2) is 0 Å². The summed E-state index contributed by atoms with van der Waals surface area (Å²) in [6, 6.07) is 18.5. The molecule has 2 aromatic rings. The lowest BCUT2D eigenvalue weighted by atomic mass is 9.94. The third-order valence-corrected chi connectivity index (χ3v) is 5.36. The molecule has 0 spiro atoms. The Balaban J connectivity index is 1.60. The van der Waals surface area contributed by atoms with E-state index in [4.69, 9.17) is 0 Å². The molecule has 0 heterocycles. The zero-order valence-corrected chi connectivity index (χ0v) is 12.7. The van der Waals surface area contributed by atoms with E-state index in [2.05, 4.69) is 60.8 Å². The maximum absolute atomic E-state index is 3.86. The summed E-state index contributed by atoms with van der Waals surface area (Å²) in [5.74, 6) is 1.58. The summed E-state index contributed by atoms with van der Waals surface area (Å²) in [5, 5.41) is 3.86. The van der Waals surface area contributed by atoms with Crippen LogP contribution in [-0.2, 0) is 12.8 Å². The van der Waals surface area contributed by atoms with Gasteiger partial charge in [0, 0.05) is 11.7 Å². The molecular formula is C20H23N. The molecule has 1 N–H and O–H groups in total. The van der Waals surface area contributed by atoms with Gasteiger partial charge in [0.05, 0.1) is 0 Å². The maximum Gasteiger partial charge on any atom is 0.0345 e. The number of hydrogen-bond acceptors (Lipinski definition) is 1. The van der Waals surface area contributed by atoms with Gasteiger partial charge in [0.2, 0.25) is 0 Å². The van der Waals surface area contributed by atoms with E-state index in [9.17, 15) is 0 Å². The van der Waals surface area contributed by atoms with Crippen LogP contribution in [0.2, 0.25) is 0 Å². The molecule has 1 heteroatoms. The van der Waals surface area contributed by atoms with Gasteiger partial charge >= 0.3 is 0 Å². The first-order valence-corrected chi connectivity index (χ1v) is 8.19. The van der Waals surface area contributed by atoms with Crippen molar-refractivity contribution < 1.29 is 0 Å². The molecule has 2 atom stereocenters. The quantitative estimate of drug-likeness (QED) is 0.846. The fraction of sp³-hybridized carbons (Fsp3) is 0.400. The molecule has 0 aliphatic heterocycles.